The predicted molar refractivity (Wildman–Crippen MR) is 133 cm³/mol. The van der Waals surface area contributed by atoms with E-state index in [-0.39, 0.29) is 5.78 Å². The number of para-hydroxylation sites is 2. The van der Waals surface area contributed by atoms with Crippen molar-refractivity contribution < 1.29 is 14.3 Å². The number of ether oxygens (including phenoxy) is 1. The van der Waals surface area contributed by atoms with Gasteiger partial charge in [-0.1, -0.05) is 84.9 Å². The van der Waals surface area contributed by atoms with Crippen LogP contribution in [0.3, 0.4) is 0 Å². The van der Waals surface area contributed by atoms with Crippen molar-refractivity contribution in [3.8, 4) is 5.75 Å². The van der Waals surface area contributed by atoms with Gasteiger partial charge in [-0.15, -0.1) is 0 Å². The van der Waals surface area contributed by atoms with Crippen molar-refractivity contribution in [2.24, 2.45) is 7.05 Å². The molecular formula is C30H23NO3. The van der Waals surface area contributed by atoms with Crippen molar-refractivity contribution in [1.82, 2.24) is 4.57 Å². The van der Waals surface area contributed by atoms with Crippen LogP contribution in [0, 0.1) is 0 Å². The van der Waals surface area contributed by atoms with Gasteiger partial charge in [-0.2, -0.15) is 0 Å². The number of Topliss-reactive ketones (excluding diaryl/α,β-unsaturated/α-hetero) is 1. The van der Waals surface area contributed by atoms with Gasteiger partial charge in [0.05, 0.1) is 11.5 Å². The SMILES string of the molecule is Cn1cc(C(C(=O)c2ccccc2)c2ccccc2OC(=O)c2ccccc2)c2ccccc21. The third-order valence-corrected chi connectivity index (χ3v) is 6.00. The lowest BCUT2D eigenvalue weighted by molar-refractivity contribution is 0.0730. The fourth-order valence-corrected chi connectivity index (χ4v) is 4.37. The Morgan fingerprint density at radius 2 is 1.26 bits per heavy atom. The summed E-state index contributed by atoms with van der Waals surface area (Å²) in [6.07, 6.45) is 1.99. The summed E-state index contributed by atoms with van der Waals surface area (Å²) in [5, 5.41) is 0.989. The number of nitrogens with zero attached hydrogens (tertiary/aromatic N) is 1. The zero-order valence-electron chi connectivity index (χ0n) is 18.7. The lowest BCUT2D eigenvalue weighted by atomic mass is 9.84. The molecule has 5 rings (SSSR count). The first-order valence-corrected chi connectivity index (χ1v) is 11.1. The Bertz CT molecular complexity index is 1470. The summed E-state index contributed by atoms with van der Waals surface area (Å²) >= 11 is 0. The number of carbonyl (C=O) groups is 2. The second-order valence-electron chi connectivity index (χ2n) is 8.17. The molecule has 1 heterocycles. The number of esters is 1. The molecule has 166 valence electrons. The number of hydrogen-bond acceptors (Lipinski definition) is 3. The average molecular weight is 446 g/mol. The van der Waals surface area contributed by atoms with Crippen molar-refractivity contribution in [1.29, 1.82) is 0 Å². The second kappa shape index (κ2) is 9.20. The van der Waals surface area contributed by atoms with E-state index >= 15 is 0 Å². The summed E-state index contributed by atoms with van der Waals surface area (Å²) in [5.41, 5.74) is 3.60. The number of ketones is 1. The summed E-state index contributed by atoms with van der Waals surface area (Å²) in [6.45, 7) is 0. The standard InChI is InChI=1S/C30H23NO3/c1-31-20-25(23-16-8-10-18-26(23)31)28(29(32)21-12-4-2-5-13-21)24-17-9-11-19-27(24)34-30(33)22-14-6-3-7-15-22/h2-20,28H,1H3. The zero-order valence-corrected chi connectivity index (χ0v) is 18.7. The molecule has 0 radical (unpaired) electrons. The molecule has 5 aromatic rings. The van der Waals surface area contributed by atoms with Crippen LogP contribution in [0.15, 0.2) is 115 Å². The number of benzene rings is 4. The van der Waals surface area contributed by atoms with Crippen molar-refractivity contribution in [2.45, 2.75) is 5.92 Å². The van der Waals surface area contributed by atoms with E-state index in [1.807, 2.05) is 96.7 Å². The minimum absolute atomic E-state index is 0.0554. The van der Waals surface area contributed by atoms with Gasteiger partial charge >= 0.3 is 5.97 Å². The number of rotatable bonds is 6. The summed E-state index contributed by atoms with van der Waals surface area (Å²) < 4.78 is 7.86. The Balaban J connectivity index is 1.66. The van der Waals surface area contributed by atoms with E-state index in [1.165, 1.54) is 0 Å². The van der Waals surface area contributed by atoms with Gasteiger partial charge in [-0.05, 0) is 29.8 Å². The van der Waals surface area contributed by atoms with Gasteiger partial charge in [-0.3, -0.25) is 4.79 Å². The Labute approximate surface area is 198 Å². The third-order valence-electron chi connectivity index (χ3n) is 6.00. The summed E-state index contributed by atoms with van der Waals surface area (Å²) in [7, 11) is 1.97. The van der Waals surface area contributed by atoms with Crippen LogP contribution in [0.5, 0.6) is 5.75 Å². The molecule has 0 fully saturated rings. The maximum atomic E-state index is 14.0. The number of aromatic nitrogens is 1. The fourth-order valence-electron chi connectivity index (χ4n) is 4.37. The maximum absolute atomic E-state index is 14.0. The molecule has 34 heavy (non-hydrogen) atoms. The first kappa shape index (κ1) is 21.4. The van der Waals surface area contributed by atoms with Crippen LogP contribution in [0.25, 0.3) is 10.9 Å². The summed E-state index contributed by atoms with van der Waals surface area (Å²) in [4.78, 5) is 26.8. The van der Waals surface area contributed by atoms with Crippen LogP contribution < -0.4 is 4.74 Å². The molecule has 1 unspecified atom stereocenters. The lowest BCUT2D eigenvalue weighted by Gasteiger charge is -2.19. The van der Waals surface area contributed by atoms with E-state index in [1.54, 1.807) is 30.3 Å². The first-order valence-electron chi connectivity index (χ1n) is 11.1. The van der Waals surface area contributed by atoms with Gasteiger partial charge in [0.15, 0.2) is 5.78 Å². The van der Waals surface area contributed by atoms with Gasteiger partial charge in [0.1, 0.15) is 5.75 Å². The van der Waals surface area contributed by atoms with Crippen LogP contribution in [0.2, 0.25) is 0 Å². The Kier molecular flexibility index (Phi) is 5.79. The number of fused-ring (bicyclic) bond motifs is 1. The van der Waals surface area contributed by atoms with E-state index in [4.69, 9.17) is 4.74 Å². The Hall–Kier alpha value is -4.44. The highest BCUT2D eigenvalue weighted by molar-refractivity contribution is 6.06. The Morgan fingerprint density at radius 3 is 2.00 bits per heavy atom. The minimum atomic E-state index is -0.645. The van der Waals surface area contributed by atoms with Gasteiger partial charge in [-0.25, -0.2) is 4.79 Å². The third kappa shape index (κ3) is 4.02. The van der Waals surface area contributed by atoms with Crippen LogP contribution in [-0.4, -0.2) is 16.3 Å². The van der Waals surface area contributed by atoms with E-state index in [0.717, 1.165) is 16.5 Å². The average Bonchev–Trinajstić information content (AvgIpc) is 3.22. The molecule has 0 saturated heterocycles. The maximum Gasteiger partial charge on any atom is 0.343 e. The van der Waals surface area contributed by atoms with Crippen LogP contribution in [-0.2, 0) is 7.05 Å². The lowest BCUT2D eigenvalue weighted by Crippen LogP contribution is -2.17. The molecule has 4 nitrogen and oxygen atoms in total. The topological polar surface area (TPSA) is 48.3 Å². The van der Waals surface area contributed by atoms with Crippen molar-refractivity contribution in [3.63, 3.8) is 0 Å². The molecule has 4 heteroatoms. The largest absolute Gasteiger partial charge is 0.423 e. The summed E-state index contributed by atoms with van der Waals surface area (Å²) in [5.74, 6) is -0.788. The molecule has 0 aliphatic heterocycles. The van der Waals surface area contributed by atoms with Crippen LogP contribution in [0.1, 0.15) is 37.8 Å². The van der Waals surface area contributed by atoms with Gasteiger partial charge in [0.2, 0.25) is 0 Å². The quantitative estimate of drug-likeness (QED) is 0.172. The van der Waals surface area contributed by atoms with E-state index in [9.17, 15) is 9.59 Å². The smallest absolute Gasteiger partial charge is 0.343 e. The molecule has 1 aromatic heterocycles. The molecule has 1 atom stereocenters. The molecule has 0 bridgehead atoms. The molecule has 0 spiro atoms. The van der Waals surface area contributed by atoms with Crippen LogP contribution >= 0.6 is 0 Å². The number of aryl methyl sites for hydroxylation is 1. The summed E-state index contributed by atoms with van der Waals surface area (Å²) in [6, 6.07) is 33.4. The molecule has 0 aliphatic rings. The molecule has 0 saturated carbocycles. The minimum Gasteiger partial charge on any atom is -0.423 e. The fraction of sp³-hybridized carbons (Fsp3) is 0.0667. The normalized spacial score (nSPS) is 11.8. The molecular weight excluding hydrogens is 422 g/mol. The van der Waals surface area contributed by atoms with Gasteiger partial charge in [0.25, 0.3) is 0 Å². The van der Waals surface area contributed by atoms with Crippen LogP contribution in [0.4, 0.5) is 0 Å². The highest BCUT2D eigenvalue weighted by Crippen LogP contribution is 2.38. The van der Waals surface area contributed by atoms with Crippen molar-refractivity contribution in [2.75, 3.05) is 0 Å². The van der Waals surface area contributed by atoms with E-state index in [2.05, 4.69) is 0 Å². The van der Waals surface area contributed by atoms with E-state index < -0.39 is 11.9 Å². The van der Waals surface area contributed by atoms with Gasteiger partial charge < -0.3 is 9.30 Å². The molecule has 0 amide bonds. The Morgan fingerprint density at radius 1 is 0.676 bits per heavy atom. The van der Waals surface area contributed by atoms with Crippen molar-refractivity contribution >= 4 is 22.7 Å². The highest BCUT2D eigenvalue weighted by atomic mass is 16.5. The zero-order chi connectivity index (χ0) is 23.5. The van der Waals surface area contributed by atoms with E-state index in [0.29, 0.717) is 22.4 Å². The molecule has 0 aliphatic carbocycles. The predicted octanol–water partition coefficient (Wildman–Crippen LogP) is 6.41. The highest BCUT2D eigenvalue weighted by Gasteiger charge is 2.30. The molecule has 4 aromatic carbocycles. The number of hydrogen-bond donors (Lipinski definition) is 0. The molecule has 0 N–H and O–H groups in total. The van der Waals surface area contributed by atoms with Gasteiger partial charge in [0, 0.05) is 35.3 Å². The monoisotopic (exact) mass is 445 g/mol. The van der Waals surface area contributed by atoms with Crippen molar-refractivity contribution in [3.05, 3.63) is 138 Å². The first-order chi connectivity index (χ1) is 16.6. The number of carbonyl (C=O) groups excluding carboxylic acids is 2. The second-order valence-corrected chi connectivity index (χ2v) is 8.17.